The molecule has 0 aliphatic heterocycles. The predicted molar refractivity (Wildman–Crippen MR) is 149 cm³/mol. The zero-order valence-corrected chi connectivity index (χ0v) is 23.2. The lowest BCUT2D eigenvalue weighted by molar-refractivity contribution is 0.0309. The Morgan fingerprint density at radius 3 is 2.49 bits per heavy atom. The number of nitrogens with one attached hydrogen (secondary N) is 1. The molecule has 210 valence electrons. The summed E-state index contributed by atoms with van der Waals surface area (Å²) in [6.45, 7) is 5.94. The Morgan fingerprint density at radius 1 is 1.15 bits per heavy atom. The van der Waals surface area contributed by atoms with Crippen molar-refractivity contribution >= 4 is 23.2 Å². The lowest BCUT2D eigenvalue weighted by Crippen LogP contribution is -2.29. The van der Waals surface area contributed by atoms with Crippen LogP contribution in [0.5, 0.6) is 11.5 Å². The molecule has 41 heavy (non-hydrogen) atoms. The summed E-state index contributed by atoms with van der Waals surface area (Å²) < 4.78 is 50.9. The van der Waals surface area contributed by atoms with Gasteiger partial charge in [-0.05, 0) is 72.5 Å². The van der Waals surface area contributed by atoms with E-state index in [0.29, 0.717) is 17.7 Å². The summed E-state index contributed by atoms with van der Waals surface area (Å²) in [6.07, 6.45) is 1.29. The third kappa shape index (κ3) is 6.21. The Labute approximate surface area is 242 Å². The first-order chi connectivity index (χ1) is 19.3. The number of allylic oxidation sites excluding steroid dienone is 1. The fourth-order valence-electron chi connectivity index (χ4n) is 4.08. The number of pyridine rings is 1. The normalized spacial score (nSPS) is 11.3. The third-order valence-corrected chi connectivity index (χ3v) is 6.57. The van der Waals surface area contributed by atoms with Gasteiger partial charge in [0, 0.05) is 21.3 Å². The highest BCUT2D eigenvalue weighted by Crippen LogP contribution is 2.38. The van der Waals surface area contributed by atoms with Gasteiger partial charge in [0.25, 0.3) is 11.1 Å². The van der Waals surface area contributed by atoms with Crippen LogP contribution in [0.25, 0.3) is 11.1 Å². The van der Waals surface area contributed by atoms with Crippen molar-refractivity contribution < 1.29 is 17.9 Å². The summed E-state index contributed by atoms with van der Waals surface area (Å²) in [5.74, 6) is -5.32. The Kier molecular flexibility index (Phi) is 8.42. The number of aromatic nitrogens is 3. The smallest absolute Gasteiger partial charge is 0.314 e. The van der Waals surface area contributed by atoms with Gasteiger partial charge < -0.3 is 9.72 Å². The fraction of sp³-hybridized carbons (Fsp3) is 0.172. The highest BCUT2D eigenvalue weighted by Gasteiger charge is 2.39. The molecular weight excluding hydrogens is 580 g/mol. The van der Waals surface area contributed by atoms with Crippen molar-refractivity contribution in [3.05, 3.63) is 120 Å². The molecule has 0 aliphatic carbocycles. The molecule has 4 rings (SSSR count). The van der Waals surface area contributed by atoms with Crippen molar-refractivity contribution in [1.29, 1.82) is 5.26 Å². The zero-order chi connectivity index (χ0) is 30.1. The predicted octanol–water partition coefficient (Wildman–Crippen LogP) is 6.99. The van der Waals surface area contributed by atoms with Crippen LogP contribution < -0.4 is 15.9 Å². The topological polar surface area (TPSA) is 101 Å². The second kappa shape index (κ2) is 11.6. The van der Waals surface area contributed by atoms with Crippen molar-refractivity contribution in [1.82, 2.24) is 14.5 Å². The minimum atomic E-state index is -3.74. The molecule has 2 aromatic heterocycles. The number of H-pyrrole nitrogens is 1. The molecule has 0 fully saturated rings. The Bertz CT molecular complexity index is 1820. The van der Waals surface area contributed by atoms with Crippen molar-refractivity contribution in [3.8, 4) is 28.7 Å². The Balaban J connectivity index is 1.88. The first-order valence-electron chi connectivity index (χ1n) is 12.1. The molecule has 0 unspecified atom stereocenters. The highest BCUT2D eigenvalue weighted by atomic mass is 35.5. The van der Waals surface area contributed by atoms with Gasteiger partial charge in [0.15, 0.2) is 5.69 Å². The van der Waals surface area contributed by atoms with Crippen molar-refractivity contribution in [2.75, 3.05) is 0 Å². The van der Waals surface area contributed by atoms with Gasteiger partial charge in [0.05, 0.1) is 24.5 Å². The fourth-order valence-corrected chi connectivity index (χ4v) is 4.53. The van der Waals surface area contributed by atoms with E-state index in [1.807, 2.05) is 6.07 Å². The molecule has 0 aliphatic rings. The number of benzene rings is 2. The van der Waals surface area contributed by atoms with E-state index in [-0.39, 0.29) is 39.0 Å². The number of rotatable bonds is 8. The quantitative estimate of drug-likeness (QED) is 0.220. The lowest BCUT2D eigenvalue weighted by Gasteiger charge is -2.20. The molecular formula is C29H21Cl2F3N4O3. The van der Waals surface area contributed by atoms with Crippen LogP contribution in [0, 0.1) is 17.1 Å². The number of aryl methyl sites for hydroxylation is 1. The number of hydrogen-bond acceptors (Lipinski definition) is 5. The standard InChI is InChI=1S/C29H21Cl2F3N4O3/c1-4-24-18(9-23(27(39)37-24)17-7-20(31)10-21(32)8-17)13-38-14-36-26(29(33,34)15(2)3)25(28(38)40)41-22-6-16(12-35)5-19(30)11-22/h5-11,14H,2,4,13H2,1,3H3,(H,37,39). The number of nitriles is 1. The first kappa shape index (κ1) is 29.6. The Hall–Kier alpha value is -4.33. The lowest BCUT2D eigenvalue weighted by atomic mass is 10.0. The largest absolute Gasteiger partial charge is 0.449 e. The van der Waals surface area contributed by atoms with Crippen LogP contribution in [0.1, 0.15) is 36.4 Å². The van der Waals surface area contributed by atoms with Crippen LogP contribution in [0.15, 0.2) is 70.5 Å². The molecule has 7 nitrogen and oxygen atoms in total. The first-order valence-corrected chi connectivity index (χ1v) is 12.8. The van der Waals surface area contributed by atoms with Gasteiger partial charge >= 0.3 is 5.92 Å². The summed E-state index contributed by atoms with van der Waals surface area (Å²) >= 11 is 12.0. The maximum atomic E-state index is 15.1. The number of halogens is 5. The molecule has 0 atom stereocenters. The summed E-state index contributed by atoms with van der Waals surface area (Å²) in [7, 11) is 0. The summed E-state index contributed by atoms with van der Waals surface area (Å²) in [4.78, 5) is 33.0. The molecule has 4 aromatic rings. The third-order valence-electron chi connectivity index (χ3n) is 6.13. The molecule has 0 bridgehead atoms. The van der Waals surface area contributed by atoms with E-state index in [4.69, 9.17) is 27.9 Å². The maximum Gasteiger partial charge on any atom is 0.314 e. The van der Waals surface area contributed by atoms with E-state index in [9.17, 15) is 19.2 Å². The molecule has 0 saturated carbocycles. The number of alkyl halides is 2. The molecule has 12 heteroatoms. The number of nitrogens with zero attached hydrogens (tertiary/aromatic N) is 3. The van der Waals surface area contributed by atoms with Gasteiger partial charge in [-0.1, -0.05) is 36.7 Å². The molecule has 0 radical (unpaired) electrons. The van der Waals surface area contributed by atoms with E-state index in [1.54, 1.807) is 6.92 Å². The minimum absolute atomic E-state index is 0.0794. The molecule has 0 amide bonds. The van der Waals surface area contributed by atoms with Gasteiger partial charge in [0.2, 0.25) is 5.75 Å². The second-order valence-electron chi connectivity index (χ2n) is 9.13. The number of aromatic amines is 1. The number of hydrogen-bond donors (Lipinski definition) is 1. The van der Waals surface area contributed by atoms with Crippen molar-refractivity contribution in [2.24, 2.45) is 0 Å². The van der Waals surface area contributed by atoms with Crippen LogP contribution in [0.3, 0.4) is 0 Å². The van der Waals surface area contributed by atoms with Gasteiger partial charge in [-0.3, -0.25) is 14.2 Å². The summed E-state index contributed by atoms with van der Waals surface area (Å²) in [6, 6.07) is 10.8. The molecule has 0 spiro atoms. The van der Waals surface area contributed by atoms with Crippen molar-refractivity contribution in [2.45, 2.75) is 32.7 Å². The second-order valence-corrected chi connectivity index (χ2v) is 10.0. The van der Waals surface area contributed by atoms with Crippen LogP contribution >= 0.6 is 23.2 Å². The summed E-state index contributed by atoms with van der Waals surface area (Å²) in [5, 5.41) is 9.41. The van der Waals surface area contributed by atoms with Gasteiger partial charge in [-0.2, -0.15) is 14.0 Å². The van der Waals surface area contributed by atoms with E-state index >= 15 is 8.78 Å². The summed E-state index contributed by atoms with van der Waals surface area (Å²) in [5.41, 5.74) is -1.77. The minimum Gasteiger partial charge on any atom is -0.449 e. The van der Waals surface area contributed by atoms with Gasteiger partial charge in [-0.25, -0.2) is 9.37 Å². The van der Waals surface area contributed by atoms with E-state index in [1.165, 1.54) is 30.3 Å². The Morgan fingerprint density at radius 2 is 1.85 bits per heavy atom. The molecule has 2 aromatic carbocycles. The van der Waals surface area contributed by atoms with E-state index in [2.05, 4.69) is 16.5 Å². The van der Waals surface area contributed by atoms with Crippen molar-refractivity contribution in [3.63, 3.8) is 0 Å². The zero-order valence-electron chi connectivity index (χ0n) is 21.7. The SMILES string of the molecule is C=C(C)C(F)(F)c1ncn(Cc2cc(-c3cc(F)cc(Cl)c3)c(=O)[nH]c2CC)c(=O)c1Oc1cc(Cl)cc(C#N)c1. The molecule has 0 saturated heterocycles. The van der Waals surface area contributed by atoms with Crippen LogP contribution in [-0.4, -0.2) is 14.5 Å². The highest BCUT2D eigenvalue weighted by molar-refractivity contribution is 6.31. The van der Waals surface area contributed by atoms with E-state index in [0.717, 1.165) is 30.0 Å². The average molecular weight is 601 g/mol. The van der Waals surface area contributed by atoms with Gasteiger partial charge in [0.1, 0.15) is 11.6 Å². The molecule has 2 heterocycles. The van der Waals surface area contributed by atoms with Crippen LogP contribution in [-0.2, 0) is 18.9 Å². The average Bonchev–Trinajstić information content (AvgIpc) is 2.90. The maximum absolute atomic E-state index is 15.1. The van der Waals surface area contributed by atoms with E-state index < -0.39 is 39.9 Å². The van der Waals surface area contributed by atoms with Crippen LogP contribution in [0.4, 0.5) is 13.2 Å². The van der Waals surface area contributed by atoms with Crippen LogP contribution in [0.2, 0.25) is 10.0 Å². The number of ether oxygens (including phenoxy) is 1. The monoisotopic (exact) mass is 600 g/mol. The van der Waals surface area contributed by atoms with Gasteiger partial charge in [-0.15, -0.1) is 0 Å². The molecule has 1 N–H and O–H groups in total.